The van der Waals surface area contributed by atoms with Gasteiger partial charge in [0.2, 0.25) is 0 Å². The molecule has 2 rings (SSSR count). The van der Waals surface area contributed by atoms with Crippen molar-refractivity contribution in [1.82, 2.24) is 5.32 Å². The number of hydrogen-bond donors (Lipinski definition) is 2. The summed E-state index contributed by atoms with van der Waals surface area (Å²) in [6.07, 6.45) is 0.249. The fourth-order valence-electron chi connectivity index (χ4n) is 3.12. The smallest absolute Gasteiger partial charge is 0.480 e. The Morgan fingerprint density at radius 3 is 2.18 bits per heavy atom. The van der Waals surface area contributed by atoms with Crippen molar-refractivity contribution in [3.05, 3.63) is 11.3 Å². The van der Waals surface area contributed by atoms with E-state index >= 15 is 0 Å². The number of rotatable bonds is 5. The fourth-order valence-corrected chi connectivity index (χ4v) is 3.12. The van der Waals surface area contributed by atoms with Crippen molar-refractivity contribution in [2.45, 2.75) is 90.6 Å². The van der Waals surface area contributed by atoms with Crippen LogP contribution in [-0.2, 0) is 18.8 Å². The molecule has 1 heterocycles. The van der Waals surface area contributed by atoms with Crippen LogP contribution in [0.1, 0.15) is 67.7 Å². The first-order valence-corrected chi connectivity index (χ1v) is 9.56. The second kappa shape index (κ2) is 7.67. The second-order valence-electron chi connectivity index (χ2n) is 9.59. The van der Waals surface area contributed by atoms with Gasteiger partial charge in [0, 0.05) is 0 Å². The lowest BCUT2D eigenvalue weighted by Crippen LogP contribution is -2.45. The summed E-state index contributed by atoms with van der Waals surface area (Å²) in [5.41, 5.74) is -1.81. The van der Waals surface area contributed by atoms with Gasteiger partial charge in [-0.1, -0.05) is 0 Å². The van der Waals surface area contributed by atoms with Crippen molar-refractivity contribution < 1.29 is 33.1 Å². The first-order chi connectivity index (χ1) is 12.6. The number of halogens is 1. The number of carbonyl (C=O) groups excluding carboxylic acids is 1. The van der Waals surface area contributed by atoms with Crippen LogP contribution in [0.2, 0.25) is 0 Å². The van der Waals surface area contributed by atoms with E-state index in [0.717, 1.165) is 0 Å². The molecule has 2 fully saturated rings. The lowest BCUT2D eigenvalue weighted by molar-refractivity contribution is -0.140. The Bertz CT molecular complexity index is 646. The van der Waals surface area contributed by atoms with Crippen molar-refractivity contribution in [3.8, 4) is 0 Å². The third-order valence-corrected chi connectivity index (χ3v) is 5.43. The summed E-state index contributed by atoms with van der Waals surface area (Å²) in [7, 11) is -1.03. The van der Waals surface area contributed by atoms with E-state index in [1.54, 1.807) is 20.8 Å². The van der Waals surface area contributed by atoms with Gasteiger partial charge >= 0.3 is 19.2 Å². The fraction of sp³-hybridized carbons (Fsp3) is 0.789. The number of carboxylic acid groups (broad SMARTS) is 1. The van der Waals surface area contributed by atoms with Crippen molar-refractivity contribution in [2.24, 2.45) is 5.92 Å². The van der Waals surface area contributed by atoms with E-state index in [1.807, 2.05) is 27.7 Å². The topological polar surface area (TPSA) is 94.1 Å². The van der Waals surface area contributed by atoms with Crippen molar-refractivity contribution >= 4 is 19.2 Å². The molecular weight excluding hydrogens is 368 g/mol. The largest absolute Gasteiger partial charge is 0.525 e. The number of aliphatic carboxylic acids is 1. The molecule has 1 saturated carbocycles. The number of carboxylic acids is 1. The van der Waals surface area contributed by atoms with Gasteiger partial charge in [-0.15, -0.1) is 0 Å². The Hall–Kier alpha value is -1.61. The van der Waals surface area contributed by atoms with E-state index in [4.69, 9.17) is 14.0 Å². The van der Waals surface area contributed by atoms with E-state index in [-0.39, 0.29) is 12.3 Å². The molecule has 0 aromatic carbocycles. The molecule has 0 spiro atoms. The van der Waals surface area contributed by atoms with E-state index in [2.05, 4.69) is 5.32 Å². The molecule has 0 aromatic rings. The molecule has 158 valence electrons. The molecule has 1 atom stereocenters. The van der Waals surface area contributed by atoms with Gasteiger partial charge in [-0.3, -0.25) is 0 Å². The van der Waals surface area contributed by atoms with Crippen LogP contribution in [0.3, 0.4) is 0 Å². The zero-order valence-corrected chi connectivity index (χ0v) is 17.7. The summed E-state index contributed by atoms with van der Waals surface area (Å²) in [5, 5.41) is 11.7. The van der Waals surface area contributed by atoms with Crippen molar-refractivity contribution in [1.29, 1.82) is 0 Å². The van der Waals surface area contributed by atoms with Crippen LogP contribution in [-0.4, -0.2) is 47.1 Å². The van der Waals surface area contributed by atoms with Gasteiger partial charge in [-0.25, -0.2) is 14.0 Å². The lowest BCUT2D eigenvalue weighted by Gasteiger charge is -2.32. The molecule has 2 N–H and O–H groups in total. The Labute approximate surface area is 166 Å². The van der Waals surface area contributed by atoms with Crippen LogP contribution in [0.25, 0.3) is 0 Å². The number of carbonyl (C=O) groups is 2. The molecule has 7 nitrogen and oxygen atoms in total. The van der Waals surface area contributed by atoms with Crippen LogP contribution >= 0.6 is 0 Å². The summed E-state index contributed by atoms with van der Waals surface area (Å²) < 4.78 is 31.3. The highest BCUT2D eigenvalue weighted by Crippen LogP contribution is 2.44. The van der Waals surface area contributed by atoms with Crippen LogP contribution in [0.5, 0.6) is 0 Å². The summed E-state index contributed by atoms with van der Waals surface area (Å²) >= 11 is 0. The van der Waals surface area contributed by atoms with E-state index in [9.17, 15) is 19.1 Å². The van der Waals surface area contributed by atoms with Gasteiger partial charge in [0.1, 0.15) is 17.4 Å². The minimum atomic E-state index is -1.14. The maximum absolute atomic E-state index is 14.7. The standard InChI is InChI=1S/C19H31BFNO6/c1-17(2,3)26-16(25)22-13(15(23)24)10-11-8-12(9-11)14(21)20-27-18(4,5)19(6,7)28-20/h11,13H,8-10H2,1-7H3,(H,22,25)(H,23,24). The average molecular weight is 399 g/mol. The van der Waals surface area contributed by atoms with E-state index in [1.165, 1.54) is 0 Å². The summed E-state index contributed by atoms with van der Waals surface area (Å²) in [5.74, 6) is -1.19. The predicted octanol–water partition coefficient (Wildman–Crippen LogP) is 3.62. The third kappa shape index (κ3) is 5.26. The Morgan fingerprint density at radius 2 is 1.75 bits per heavy atom. The molecule has 1 aliphatic heterocycles. The molecule has 9 heteroatoms. The molecule has 1 amide bonds. The quantitative estimate of drug-likeness (QED) is 0.686. The number of ether oxygens (including phenoxy) is 1. The van der Waals surface area contributed by atoms with Gasteiger partial charge in [0.15, 0.2) is 0 Å². The molecule has 28 heavy (non-hydrogen) atoms. The Kier molecular flexibility index (Phi) is 6.21. The zero-order chi connectivity index (χ0) is 21.5. The van der Waals surface area contributed by atoms with Gasteiger partial charge < -0.3 is 24.5 Å². The van der Waals surface area contributed by atoms with Gasteiger partial charge in [-0.2, -0.15) is 0 Å². The van der Waals surface area contributed by atoms with Gasteiger partial charge in [-0.05, 0) is 79.2 Å². The first-order valence-electron chi connectivity index (χ1n) is 9.56. The summed E-state index contributed by atoms with van der Waals surface area (Å²) in [6, 6.07) is -1.08. The number of nitrogens with one attached hydrogen (secondary N) is 1. The summed E-state index contributed by atoms with van der Waals surface area (Å²) in [6.45, 7) is 12.5. The predicted molar refractivity (Wildman–Crippen MR) is 102 cm³/mol. The molecule has 1 saturated heterocycles. The second-order valence-corrected chi connectivity index (χ2v) is 9.59. The van der Waals surface area contributed by atoms with Crippen molar-refractivity contribution in [3.63, 3.8) is 0 Å². The monoisotopic (exact) mass is 399 g/mol. The Morgan fingerprint density at radius 1 is 1.25 bits per heavy atom. The minimum Gasteiger partial charge on any atom is -0.480 e. The van der Waals surface area contributed by atoms with Crippen LogP contribution < -0.4 is 5.32 Å². The average Bonchev–Trinajstić information content (AvgIpc) is 2.66. The maximum Gasteiger partial charge on any atom is 0.525 e. The van der Waals surface area contributed by atoms with Gasteiger partial charge in [0.25, 0.3) is 0 Å². The highest BCUT2D eigenvalue weighted by molar-refractivity contribution is 6.53. The molecule has 2 aliphatic rings. The first kappa shape index (κ1) is 22.7. The minimum absolute atomic E-state index is 0.0424. The number of allylic oxidation sites excluding steroid dienone is 1. The van der Waals surface area contributed by atoms with Crippen LogP contribution in [0.15, 0.2) is 11.3 Å². The van der Waals surface area contributed by atoms with Crippen molar-refractivity contribution in [2.75, 3.05) is 0 Å². The number of amides is 1. The van der Waals surface area contributed by atoms with Crippen LogP contribution in [0.4, 0.5) is 9.18 Å². The normalized spacial score (nSPS) is 24.4. The molecule has 0 aromatic heterocycles. The van der Waals surface area contributed by atoms with Crippen LogP contribution in [0, 0.1) is 5.92 Å². The molecule has 0 radical (unpaired) electrons. The highest BCUT2D eigenvalue weighted by atomic mass is 19.1. The summed E-state index contributed by atoms with van der Waals surface area (Å²) in [4.78, 5) is 23.3. The van der Waals surface area contributed by atoms with E-state index < -0.39 is 47.8 Å². The van der Waals surface area contributed by atoms with E-state index in [0.29, 0.717) is 18.4 Å². The molecular formula is C19H31BFNO6. The SMILES string of the molecule is CC(C)(C)OC(=O)NC(CC1CC(=C(F)B2OC(C)(C)C(C)(C)O2)C1)C(=O)O. The number of alkyl carbamates (subject to hydrolysis) is 1. The third-order valence-electron chi connectivity index (χ3n) is 5.43. The Balaban J connectivity index is 1.92. The molecule has 0 bridgehead atoms. The zero-order valence-electron chi connectivity index (χ0n) is 17.7. The molecule has 1 unspecified atom stereocenters. The highest BCUT2D eigenvalue weighted by Gasteiger charge is 2.54. The number of hydrogen-bond acceptors (Lipinski definition) is 5. The van der Waals surface area contributed by atoms with Gasteiger partial charge in [0.05, 0.1) is 11.2 Å². The maximum atomic E-state index is 14.7. The lowest BCUT2D eigenvalue weighted by atomic mass is 9.70. The molecule has 1 aliphatic carbocycles.